The SMILES string of the molecule is CCc1ccc(OC(=O)NC2CNC2)cc1. The van der Waals surface area contributed by atoms with Crippen LogP contribution in [0.2, 0.25) is 0 Å². The smallest absolute Gasteiger partial charge is 0.410 e. The molecule has 0 spiro atoms. The molecule has 1 amide bonds. The number of carbonyl (C=O) groups excluding carboxylic acids is 1. The summed E-state index contributed by atoms with van der Waals surface area (Å²) in [4.78, 5) is 11.4. The average molecular weight is 220 g/mol. The van der Waals surface area contributed by atoms with Crippen molar-refractivity contribution in [3.63, 3.8) is 0 Å². The number of hydrogen-bond donors (Lipinski definition) is 2. The third-order valence-electron chi connectivity index (χ3n) is 2.65. The van der Waals surface area contributed by atoms with Crippen LogP contribution in [0.4, 0.5) is 4.79 Å². The molecule has 0 radical (unpaired) electrons. The maximum atomic E-state index is 11.4. The van der Waals surface area contributed by atoms with Crippen molar-refractivity contribution >= 4 is 6.09 Å². The number of benzene rings is 1. The molecule has 1 saturated heterocycles. The van der Waals surface area contributed by atoms with Crippen LogP contribution < -0.4 is 15.4 Å². The number of nitrogens with one attached hydrogen (secondary N) is 2. The van der Waals surface area contributed by atoms with E-state index in [0.717, 1.165) is 19.5 Å². The standard InChI is InChI=1S/C12H16N2O2/c1-2-9-3-5-11(6-4-9)16-12(15)14-10-7-13-8-10/h3-6,10,13H,2,7-8H2,1H3,(H,14,15). The molecule has 2 N–H and O–H groups in total. The van der Waals surface area contributed by atoms with E-state index in [1.165, 1.54) is 5.56 Å². The number of ether oxygens (including phenoxy) is 1. The Balaban J connectivity index is 1.84. The molecule has 4 heteroatoms. The molecule has 0 atom stereocenters. The summed E-state index contributed by atoms with van der Waals surface area (Å²) in [6, 6.07) is 7.78. The second-order valence-electron chi connectivity index (χ2n) is 3.89. The van der Waals surface area contributed by atoms with E-state index < -0.39 is 0 Å². The van der Waals surface area contributed by atoms with Gasteiger partial charge in [-0.3, -0.25) is 0 Å². The number of hydrogen-bond acceptors (Lipinski definition) is 3. The molecule has 0 saturated carbocycles. The largest absolute Gasteiger partial charge is 0.412 e. The van der Waals surface area contributed by atoms with E-state index in [1.807, 2.05) is 24.3 Å². The maximum absolute atomic E-state index is 11.4. The third kappa shape index (κ3) is 2.73. The molecule has 1 aromatic rings. The van der Waals surface area contributed by atoms with Gasteiger partial charge in [0.2, 0.25) is 0 Å². The first kappa shape index (κ1) is 11.0. The van der Waals surface area contributed by atoms with E-state index in [2.05, 4.69) is 17.6 Å². The Morgan fingerprint density at radius 3 is 2.62 bits per heavy atom. The van der Waals surface area contributed by atoms with Crippen LogP contribution in [0.1, 0.15) is 12.5 Å². The monoisotopic (exact) mass is 220 g/mol. The summed E-state index contributed by atoms with van der Waals surface area (Å²) < 4.78 is 5.14. The zero-order valence-corrected chi connectivity index (χ0v) is 9.32. The predicted molar refractivity (Wildman–Crippen MR) is 61.6 cm³/mol. The Labute approximate surface area is 95.0 Å². The summed E-state index contributed by atoms with van der Waals surface area (Å²) in [7, 11) is 0. The fraction of sp³-hybridized carbons (Fsp3) is 0.417. The minimum Gasteiger partial charge on any atom is -0.410 e. The summed E-state index contributed by atoms with van der Waals surface area (Å²) in [5, 5.41) is 5.85. The van der Waals surface area contributed by atoms with Gasteiger partial charge in [-0.15, -0.1) is 0 Å². The van der Waals surface area contributed by atoms with Crippen LogP contribution in [0.5, 0.6) is 5.75 Å². The Morgan fingerprint density at radius 2 is 2.12 bits per heavy atom. The number of amides is 1. The lowest BCUT2D eigenvalue weighted by Gasteiger charge is -2.27. The highest BCUT2D eigenvalue weighted by atomic mass is 16.6. The highest BCUT2D eigenvalue weighted by Crippen LogP contribution is 2.12. The van der Waals surface area contributed by atoms with Gasteiger partial charge in [0.1, 0.15) is 5.75 Å². The van der Waals surface area contributed by atoms with Crippen molar-refractivity contribution in [1.29, 1.82) is 0 Å². The van der Waals surface area contributed by atoms with Crippen molar-refractivity contribution in [2.24, 2.45) is 0 Å². The van der Waals surface area contributed by atoms with Gasteiger partial charge in [0.15, 0.2) is 0 Å². The topological polar surface area (TPSA) is 50.4 Å². The van der Waals surface area contributed by atoms with Crippen molar-refractivity contribution < 1.29 is 9.53 Å². The van der Waals surface area contributed by atoms with E-state index >= 15 is 0 Å². The van der Waals surface area contributed by atoms with Gasteiger partial charge in [-0.05, 0) is 24.1 Å². The molecule has 0 aromatic heterocycles. The minimum atomic E-state index is -0.379. The quantitative estimate of drug-likeness (QED) is 0.807. The summed E-state index contributed by atoms with van der Waals surface area (Å²) in [6.45, 7) is 3.74. The fourth-order valence-corrected chi connectivity index (χ4v) is 1.49. The predicted octanol–water partition coefficient (Wildman–Crippen LogP) is 1.31. The first-order valence-electron chi connectivity index (χ1n) is 5.56. The summed E-state index contributed by atoms with van der Waals surface area (Å²) in [6.07, 6.45) is 0.607. The molecule has 86 valence electrons. The van der Waals surface area contributed by atoms with Crippen molar-refractivity contribution in [1.82, 2.24) is 10.6 Å². The van der Waals surface area contributed by atoms with Crippen LogP contribution >= 0.6 is 0 Å². The summed E-state index contributed by atoms with van der Waals surface area (Å²) in [5.41, 5.74) is 1.23. The molecular formula is C12H16N2O2. The van der Waals surface area contributed by atoms with Crippen LogP contribution in [-0.4, -0.2) is 25.2 Å². The van der Waals surface area contributed by atoms with E-state index in [0.29, 0.717) is 5.75 Å². The summed E-state index contributed by atoms with van der Waals surface area (Å²) in [5.74, 6) is 0.585. The normalized spacial score (nSPS) is 15.3. The highest BCUT2D eigenvalue weighted by Gasteiger charge is 2.19. The molecule has 16 heavy (non-hydrogen) atoms. The van der Waals surface area contributed by atoms with E-state index in [1.54, 1.807) is 0 Å². The lowest BCUT2D eigenvalue weighted by atomic mass is 10.2. The van der Waals surface area contributed by atoms with Crippen LogP contribution in [0.25, 0.3) is 0 Å². The van der Waals surface area contributed by atoms with E-state index in [-0.39, 0.29) is 12.1 Å². The molecule has 0 unspecified atom stereocenters. The zero-order valence-electron chi connectivity index (χ0n) is 9.32. The second-order valence-corrected chi connectivity index (χ2v) is 3.89. The van der Waals surface area contributed by atoms with Gasteiger partial charge < -0.3 is 15.4 Å². The lowest BCUT2D eigenvalue weighted by molar-refractivity contribution is 0.190. The van der Waals surface area contributed by atoms with Gasteiger partial charge in [-0.1, -0.05) is 19.1 Å². The highest BCUT2D eigenvalue weighted by molar-refractivity contribution is 5.70. The zero-order chi connectivity index (χ0) is 11.4. The molecule has 1 heterocycles. The summed E-state index contributed by atoms with van der Waals surface area (Å²) >= 11 is 0. The van der Waals surface area contributed by atoms with E-state index in [9.17, 15) is 4.79 Å². The average Bonchev–Trinajstić information content (AvgIpc) is 2.25. The fourth-order valence-electron chi connectivity index (χ4n) is 1.49. The minimum absolute atomic E-state index is 0.211. The number of aryl methyl sites for hydroxylation is 1. The Morgan fingerprint density at radius 1 is 1.44 bits per heavy atom. The van der Waals surface area contributed by atoms with Gasteiger partial charge in [0, 0.05) is 13.1 Å². The molecule has 0 aliphatic carbocycles. The third-order valence-corrected chi connectivity index (χ3v) is 2.65. The van der Waals surface area contributed by atoms with Crippen molar-refractivity contribution in [3.05, 3.63) is 29.8 Å². The molecule has 1 fully saturated rings. The Bertz CT molecular complexity index is 358. The van der Waals surface area contributed by atoms with Gasteiger partial charge in [-0.25, -0.2) is 4.79 Å². The lowest BCUT2D eigenvalue weighted by Crippen LogP contribution is -2.57. The first-order chi connectivity index (χ1) is 7.78. The number of carbonyl (C=O) groups is 1. The van der Waals surface area contributed by atoms with Crippen molar-refractivity contribution in [2.45, 2.75) is 19.4 Å². The van der Waals surface area contributed by atoms with Crippen molar-refractivity contribution in [2.75, 3.05) is 13.1 Å². The van der Waals surface area contributed by atoms with Gasteiger partial charge in [-0.2, -0.15) is 0 Å². The van der Waals surface area contributed by atoms with Crippen molar-refractivity contribution in [3.8, 4) is 5.75 Å². The molecule has 1 aliphatic heterocycles. The molecule has 1 aliphatic rings. The molecule has 2 rings (SSSR count). The maximum Gasteiger partial charge on any atom is 0.412 e. The molecule has 0 bridgehead atoms. The molecule has 4 nitrogen and oxygen atoms in total. The Kier molecular flexibility index (Phi) is 3.41. The molecular weight excluding hydrogens is 204 g/mol. The van der Waals surface area contributed by atoms with Crippen LogP contribution in [-0.2, 0) is 6.42 Å². The van der Waals surface area contributed by atoms with Crippen LogP contribution in [0.3, 0.4) is 0 Å². The first-order valence-corrected chi connectivity index (χ1v) is 5.56. The Hall–Kier alpha value is -1.55. The molecule has 1 aromatic carbocycles. The van der Waals surface area contributed by atoms with E-state index in [4.69, 9.17) is 4.74 Å². The second kappa shape index (κ2) is 4.99. The number of rotatable bonds is 3. The van der Waals surface area contributed by atoms with Gasteiger partial charge in [0.25, 0.3) is 0 Å². The van der Waals surface area contributed by atoms with Crippen LogP contribution in [0.15, 0.2) is 24.3 Å². The van der Waals surface area contributed by atoms with Gasteiger partial charge in [0.05, 0.1) is 6.04 Å². The van der Waals surface area contributed by atoms with Crippen LogP contribution in [0, 0.1) is 0 Å². The van der Waals surface area contributed by atoms with Gasteiger partial charge >= 0.3 is 6.09 Å².